The van der Waals surface area contributed by atoms with Crippen LogP contribution in [-0.4, -0.2) is 23.4 Å². The van der Waals surface area contributed by atoms with Crippen LogP contribution in [0.15, 0.2) is 46.9 Å². The van der Waals surface area contributed by atoms with Gasteiger partial charge in [-0.1, -0.05) is 43.5 Å². The molecule has 0 unspecified atom stereocenters. The molecule has 0 atom stereocenters. The average Bonchev–Trinajstić information content (AvgIpc) is 3.16. The van der Waals surface area contributed by atoms with Crippen molar-refractivity contribution in [2.45, 2.75) is 49.7 Å². The Morgan fingerprint density at radius 2 is 2.00 bits per heavy atom. The second kappa shape index (κ2) is 9.47. The number of furan rings is 1. The lowest BCUT2D eigenvalue weighted by molar-refractivity contribution is 0.0924. The second-order valence-corrected chi connectivity index (χ2v) is 8.95. The fourth-order valence-corrected chi connectivity index (χ4v) is 5.31. The number of nitrogens with one attached hydrogen (secondary N) is 1. The first-order valence-electron chi connectivity index (χ1n) is 10.4. The van der Waals surface area contributed by atoms with Gasteiger partial charge in [0.25, 0.3) is 5.91 Å². The van der Waals surface area contributed by atoms with Crippen LogP contribution in [0.1, 0.15) is 53.8 Å². The maximum absolute atomic E-state index is 13.0. The van der Waals surface area contributed by atoms with Gasteiger partial charge >= 0.3 is 0 Å². The van der Waals surface area contributed by atoms with E-state index in [4.69, 9.17) is 9.15 Å². The van der Waals surface area contributed by atoms with Crippen molar-refractivity contribution in [3.05, 3.63) is 59.4 Å². The van der Waals surface area contributed by atoms with E-state index in [9.17, 15) is 9.90 Å². The number of amides is 1. The van der Waals surface area contributed by atoms with Crippen LogP contribution in [0.25, 0.3) is 11.0 Å². The number of carbonyl (C=O) groups is 1. The van der Waals surface area contributed by atoms with Gasteiger partial charge in [-0.3, -0.25) is 4.79 Å². The molecule has 30 heavy (non-hydrogen) atoms. The third kappa shape index (κ3) is 4.59. The summed E-state index contributed by atoms with van der Waals surface area (Å²) in [4.78, 5) is 13.0. The standard InChI is InChI=1S/C24H27NO4S/c1-28-22-13-16(11-12-20(22)26)14-25-24(27)23-19(15-30-17-7-3-2-4-8-17)18-9-5-6-10-21(18)29-23/h5-6,9-13,17,26H,2-4,7-8,14-15H2,1H3,(H,25,27). The van der Waals surface area contributed by atoms with E-state index in [2.05, 4.69) is 5.32 Å². The van der Waals surface area contributed by atoms with Crippen molar-refractivity contribution in [1.29, 1.82) is 0 Å². The third-order valence-corrected chi connectivity index (χ3v) is 7.02. The zero-order valence-corrected chi connectivity index (χ0v) is 18.0. The lowest BCUT2D eigenvalue weighted by Crippen LogP contribution is -2.23. The number of aromatic hydroxyl groups is 1. The van der Waals surface area contributed by atoms with E-state index in [-0.39, 0.29) is 11.7 Å². The Labute approximate surface area is 180 Å². The van der Waals surface area contributed by atoms with Crippen LogP contribution in [0.5, 0.6) is 11.5 Å². The Kier molecular flexibility index (Phi) is 6.53. The summed E-state index contributed by atoms with van der Waals surface area (Å²) < 4.78 is 11.1. The van der Waals surface area contributed by atoms with Gasteiger partial charge in [0.1, 0.15) is 5.58 Å². The average molecular weight is 426 g/mol. The molecule has 1 heterocycles. The van der Waals surface area contributed by atoms with Crippen LogP contribution in [0.2, 0.25) is 0 Å². The van der Waals surface area contributed by atoms with Crippen molar-refractivity contribution in [2.75, 3.05) is 7.11 Å². The summed E-state index contributed by atoms with van der Waals surface area (Å²) in [6.45, 7) is 0.321. The largest absolute Gasteiger partial charge is 0.504 e. The number of methoxy groups -OCH3 is 1. The molecular weight excluding hydrogens is 398 g/mol. The van der Waals surface area contributed by atoms with Crippen molar-refractivity contribution in [2.24, 2.45) is 0 Å². The summed E-state index contributed by atoms with van der Waals surface area (Å²) >= 11 is 1.94. The first kappa shape index (κ1) is 20.7. The van der Waals surface area contributed by atoms with E-state index < -0.39 is 0 Å². The van der Waals surface area contributed by atoms with Gasteiger partial charge in [-0.25, -0.2) is 0 Å². The topological polar surface area (TPSA) is 71.7 Å². The monoisotopic (exact) mass is 425 g/mol. The molecule has 1 saturated carbocycles. The molecule has 1 aliphatic rings. The Hall–Kier alpha value is -2.60. The first-order chi connectivity index (χ1) is 14.7. The highest BCUT2D eigenvalue weighted by Crippen LogP contribution is 2.35. The number of phenols is 1. The number of benzene rings is 2. The summed E-state index contributed by atoms with van der Waals surface area (Å²) in [6, 6.07) is 12.9. The molecule has 2 aromatic carbocycles. The quantitative estimate of drug-likeness (QED) is 0.512. The maximum Gasteiger partial charge on any atom is 0.287 e. The molecule has 4 rings (SSSR count). The zero-order valence-electron chi connectivity index (χ0n) is 17.1. The van der Waals surface area contributed by atoms with E-state index >= 15 is 0 Å². The molecule has 1 aliphatic carbocycles. The van der Waals surface area contributed by atoms with Gasteiger partial charge in [0.2, 0.25) is 0 Å². The van der Waals surface area contributed by atoms with Crippen LogP contribution in [-0.2, 0) is 12.3 Å². The molecule has 2 N–H and O–H groups in total. The molecule has 1 amide bonds. The summed E-state index contributed by atoms with van der Waals surface area (Å²) in [6.07, 6.45) is 6.44. The number of rotatable bonds is 7. The SMILES string of the molecule is COc1cc(CNC(=O)c2oc3ccccc3c2CSC2CCCCC2)ccc1O. The number of carbonyl (C=O) groups excluding carboxylic acids is 1. The van der Waals surface area contributed by atoms with Gasteiger partial charge in [0.15, 0.2) is 17.3 Å². The van der Waals surface area contributed by atoms with Crippen molar-refractivity contribution < 1.29 is 19.1 Å². The van der Waals surface area contributed by atoms with Crippen LogP contribution >= 0.6 is 11.8 Å². The van der Waals surface area contributed by atoms with Gasteiger partial charge in [0.05, 0.1) is 7.11 Å². The van der Waals surface area contributed by atoms with E-state index in [1.807, 2.05) is 36.0 Å². The Morgan fingerprint density at radius 1 is 1.20 bits per heavy atom. The predicted molar refractivity (Wildman–Crippen MR) is 120 cm³/mol. The van der Waals surface area contributed by atoms with Crippen LogP contribution in [0.4, 0.5) is 0 Å². The Balaban J connectivity index is 1.51. The minimum Gasteiger partial charge on any atom is -0.504 e. The third-order valence-electron chi connectivity index (χ3n) is 5.62. The summed E-state index contributed by atoms with van der Waals surface area (Å²) in [5.74, 6) is 1.40. The molecule has 0 bridgehead atoms. The van der Waals surface area contributed by atoms with Gasteiger partial charge in [-0.15, -0.1) is 0 Å². The number of fused-ring (bicyclic) bond motifs is 1. The number of hydrogen-bond acceptors (Lipinski definition) is 5. The molecule has 5 nitrogen and oxygen atoms in total. The summed E-state index contributed by atoms with van der Waals surface area (Å²) in [5, 5.41) is 14.4. The number of thioether (sulfide) groups is 1. The van der Waals surface area contributed by atoms with E-state index in [0.717, 1.165) is 27.8 Å². The Morgan fingerprint density at radius 3 is 2.80 bits per heavy atom. The van der Waals surface area contributed by atoms with E-state index in [0.29, 0.717) is 23.3 Å². The van der Waals surface area contributed by atoms with Gasteiger partial charge in [-0.2, -0.15) is 11.8 Å². The highest BCUT2D eigenvalue weighted by Gasteiger charge is 2.22. The lowest BCUT2D eigenvalue weighted by atomic mass is 10.0. The van der Waals surface area contributed by atoms with E-state index in [1.165, 1.54) is 39.2 Å². The van der Waals surface area contributed by atoms with Crippen LogP contribution < -0.4 is 10.1 Å². The fraction of sp³-hybridized carbons (Fsp3) is 0.375. The minimum atomic E-state index is -0.225. The number of hydrogen-bond donors (Lipinski definition) is 2. The molecule has 0 radical (unpaired) electrons. The molecule has 158 valence electrons. The lowest BCUT2D eigenvalue weighted by Gasteiger charge is -2.20. The number of ether oxygens (including phenoxy) is 1. The molecule has 3 aromatic rings. The molecule has 0 spiro atoms. The first-order valence-corrected chi connectivity index (χ1v) is 11.5. The van der Waals surface area contributed by atoms with Gasteiger partial charge in [-0.05, 0) is 36.6 Å². The van der Waals surface area contributed by atoms with Crippen molar-refractivity contribution in [3.63, 3.8) is 0 Å². The summed E-state index contributed by atoms with van der Waals surface area (Å²) in [5.41, 5.74) is 2.56. The molecule has 1 fully saturated rings. The number of phenolic OH excluding ortho intramolecular Hbond substituents is 1. The molecule has 1 aromatic heterocycles. The van der Waals surface area contributed by atoms with Crippen LogP contribution in [0, 0.1) is 0 Å². The highest BCUT2D eigenvalue weighted by atomic mass is 32.2. The highest BCUT2D eigenvalue weighted by molar-refractivity contribution is 7.99. The van der Waals surface area contributed by atoms with Gasteiger partial charge < -0.3 is 19.6 Å². The fourth-order valence-electron chi connectivity index (χ4n) is 3.95. The zero-order chi connectivity index (χ0) is 20.9. The van der Waals surface area contributed by atoms with Crippen LogP contribution in [0.3, 0.4) is 0 Å². The van der Waals surface area contributed by atoms with E-state index in [1.54, 1.807) is 18.2 Å². The normalized spacial score (nSPS) is 14.7. The van der Waals surface area contributed by atoms with Gasteiger partial charge in [0, 0.05) is 28.5 Å². The number of para-hydroxylation sites is 1. The minimum absolute atomic E-state index is 0.0758. The van der Waals surface area contributed by atoms with Crippen molar-refractivity contribution in [3.8, 4) is 11.5 Å². The van der Waals surface area contributed by atoms with Crippen molar-refractivity contribution in [1.82, 2.24) is 5.32 Å². The molecule has 0 aliphatic heterocycles. The molecule has 0 saturated heterocycles. The predicted octanol–water partition coefficient (Wildman–Crippen LogP) is 5.64. The molecule has 6 heteroatoms. The van der Waals surface area contributed by atoms with Crippen molar-refractivity contribution >= 4 is 28.6 Å². The Bertz CT molecular complexity index is 1020. The smallest absolute Gasteiger partial charge is 0.287 e. The second-order valence-electron chi connectivity index (χ2n) is 7.67. The summed E-state index contributed by atoms with van der Waals surface area (Å²) in [7, 11) is 1.50. The molecular formula is C24H27NO4S. The maximum atomic E-state index is 13.0.